The first-order chi connectivity index (χ1) is 7.70. The zero-order valence-corrected chi connectivity index (χ0v) is 8.37. The normalized spacial score (nSPS) is 9.81. The molecule has 0 aliphatic rings. The Hall–Kier alpha value is -2.14. The van der Waals surface area contributed by atoms with Crippen LogP contribution >= 0.6 is 0 Å². The Morgan fingerprint density at radius 3 is 2.25 bits per heavy atom. The predicted molar refractivity (Wildman–Crippen MR) is 59.7 cm³/mol. The van der Waals surface area contributed by atoms with Gasteiger partial charge in [-0.1, -0.05) is 18.1 Å². The maximum absolute atomic E-state index is 13.4. The molecule has 0 bridgehead atoms. The van der Waals surface area contributed by atoms with Gasteiger partial charge in [-0.25, -0.2) is 8.78 Å². The Balaban J connectivity index is 2.50. The van der Waals surface area contributed by atoms with Crippen LogP contribution in [0, 0.1) is 24.0 Å². The highest BCUT2D eigenvalue weighted by molar-refractivity contribution is 5.65. The molecule has 0 amide bonds. The standard InChI is InChI=1S/C14H8F2/c1-2-10-3-5-11(6-4-10)13-9-12(15)7-8-14(13)16/h1,3-9H. The third-order valence-electron chi connectivity index (χ3n) is 2.29. The summed E-state index contributed by atoms with van der Waals surface area (Å²) in [5.74, 6) is 1.55. The lowest BCUT2D eigenvalue weighted by molar-refractivity contribution is 0.603. The van der Waals surface area contributed by atoms with Crippen LogP contribution in [0.3, 0.4) is 0 Å². The number of benzene rings is 2. The first-order valence-electron chi connectivity index (χ1n) is 4.73. The molecule has 0 aromatic heterocycles. The van der Waals surface area contributed by atoms with Crippen molar-refractivity contribution >= 4 is 0 Å². The second-order valence-corrected chi connectivity index (χ2v) is 3.35. The highest BCUT2D eigenvalue weighted by atomic mass is 19.1. The van der Waals surface area contributed by atoms with Gasteiger partial charge in [0.1, 0.15) is 11.6 Å². The summed E-state index contributed by atoms with van der Waals surface area (Å²) in [4.78, 5) is 0. The second-order valence-electron chi connectivity index (χ2n) is 3.35. The van der Waals surface area contributed by atoms with Crippen LogP contribution in [-0.4, -0.2) is 0 Å². The Morgan fingerprint density at radius 2 is 1.62 bits per heavy atom. The summed E-state index contributed by atoms with van der Waals surface area (Å²) < 4.78 is 26.4. The van der Waals surface area contributed by atoms with Gasteiger partial charge in [-0.2, -0.15) is 0 Å². The number of halogens is 2. The van der Waals surface area contributed by atoms with E-state index >= 15 is 0 Å². The van der Waals surface area contributed by atoms with Gasteiger partial charge in [0.15, 0.2) is 0 Å². The Morgan fingerprint density at radius 1 is 0.938 bits per heavy atom. The maximum Gasteiger partial charge on any atom is 0.131 e. The molecule has 2 aromatic rings. The predicted octanol–water partition coefficient (Wildman–Crippen LogP) is 3.61. The van der Waals surface area contributed by atoms with E-state index in [1.807, 2.05) is 0 Å². The number of rotatable bonds is 1. The third kappa shape index (κ3) is 1.94. The van der Waals surface area contributed by atoms with Crippen molar-refractivity contribution < 1.29 is 8.78 Å². The van der Waals surface area contributed by atoms with Crippen LogP contribution in [0.4, 0.5) is 8.78 Å². The highest BCUT2D eigenvalue weighted by Gasteiger charge is 2.05. The van der Waals surface area contributed by atoms with E-state index in [2.05, 4.69) is 5.92 Å². The molecule has 0 spiro atoms. The third-order valence-corrected chi connectivity index (χ3v) is 2.29. The van der Waals surface area contributed by atoms with Crippen molar-refractivity contribution in [3.63, 3.8) is 0 Å². The average Bonchev–Trinajstić information content (AvgIpc) is 2.32. The van der Waals surface area contributed by atoms with Gasteiger partial charge in [0.2, 0.25) is 0 Å². The van der Waals surface area contributed by atoms with Crippen LogP contribution in [-0.2, 0) is 0 Å². The smallest absolute Gasteiger partial charge is 0.131 e. The highest BCUT2D eigenvalue weighted by Crippen LogP contribution is 2.23. The van der Waals surface area contributed by atoms with Crippen LogP contribution in [0.15, 0.2) is 42.5 Å². The molecule has 0 nitrogen and oxygen atoms in total. The van der Waals surface area contributed by atoms with Crippen molar-refractivity contribution in [3.8, 4) is 23.5 Å². The molecule has 2 aromatic carbocycles. The summed E-state index contributed by atoms with van der Waals surface area (Å²) in [5.41, 5.74) is 1.56. The van der Waals surface area contributed by atoms with Crippen molar-refractivity contribution in [2.75, 3.05) is 0 Å². The average molecular weight is 214 g/mol. The van der Waals surface area contributed by atoms with E-state index in [-0.39, 0.29) is 5.56 Å². The summed E-state index contributed by atoms with van der Waals surface area (Å²) in [6.45, 7) is 0. The van der Waals surface area contributed by atoms with Gasteiger partial charge in [0.05, 0.1) is 0 Å². The number of terminal acetylenes is 1. The van der Waals surface area contributed by atoms with Crippen molar-refractivity contribution in [2.45, 2.75) is 0 Å². The van der Waals surface area contributed by atoms with Crippen molar-refractivity contribution in [2.24, 2.45) is 0 Å². The molecule has 0 radical (unpaired) electrons. The number of hydrogen-bond acceptors (Lipinski definition) is 0. The van der Waals surface area contributed by atoms with Crippen molar-refractivity contribution in [3.05, 3.63) is 59.7 Å². The van der Waals surface area contributed by atoms with Crippen LogP contribution in [0.5, 0.6) is 0 Å². The minimum absolute atomic E-state index is 0.239. The van der Waals surface area contributed by atoms with E-state index in [4.69, 9.17) is 6.42 Å². The van der Waals surface area contributed by atoms with Crippen LogP contribution in [0.2, 0.25) is 0 Å². The fourth-order valence-corrected chi connectivity index (χ4v) is 1.46. The van der Waals surface area contributed by atoms with E-state index in [9.17, 15) is 8.78 Å². The topological polar surface area (TPSA) is 0 Å². The molecule has 0 saturated heterocycles. The molecule has 16 heavy (non-hydrogen) atoms. The fraction of sp³-hybridized carbons (Fsp3) is 0. The zero-order chi connectivity index (χ0) is 11.5. The van der Waals surface area contributed by atoms with Gasteiger partial charge in [0, 0.05) is 11.1 Å². The molecular formula is C14H8F2. The van der Waals surface area contributed by atoms with Gasteiger partial charge in [-0.3, -0.25) is 0 Å². The molecule has 0 aliphatic carbocycles. The quantitative estimate of drug-likeness (QED) is 0.636. The molecule has 0 atom stereocenters. The van der Waals surface area contributed by atoms with Crippen LogP contribution < -0.4 is 0 Å². The number of hydrogen-bond donors (Lipinski definition) is 0. The maximum atomic E-state index is 13.4. The monoisotopic (exact) mass is 214 g/mol. The summed E-state index contributed by atoms with van der Waals surface area (Å²) >= 11 is 0. The summed E-state index contributed by atoms with van der Waals surface area (Å²) in [7, 11) is 0. The van der Waals surface area contributed by atoms with Crippen LogP contribution in [0.25, 0.3) is 11.1 Å². The summed E-state index contributed by atoms with van der Waals surface area (Å²) in [6, 6.07) is 10.1. The van der Waals surface area contributed by atoms with E-state index in [1.165, 1.54) is 6.07 Å². The fourth-order valence-electron chi connectivity index (χ4n) is 1.46. The molecule has 0 fully saturated rings. The molecule has 0 unspecified atom stereocenters. The lowest BCUT2D eigenvalue weighted by Gasteiger charge is -2.03. The Labute approximate surface area is 92.5 Å². The minimum Gasteiger partial charge on any atom is -0.207 e. The van der Waals surface area contributed by atoms with E-state index in [1.54, 1.807) is 24.3 Å². The molecule has 2 heteroatoms. The lowest BCUT2D eigenvalue weighted by atomic mass is 10.0. The van der Waals surface area contributed by atoms with Gasteiger partial charge in [-0.05, 0) is 35.9 Å². The molecule has 0 N–H and O–H groups in total. The SMILES string of the molecule is C#Cc1ccc(-c2cc(F)ccc2F)cc1. The van der Waals surface area contributed by atoms with Crippen molar-refractivity contribution in [1.82, 2.24) is 0 Å². The van der Waals surface area contributed by atoms with E-state index in [0.29, 0.717) is 11.1 Å². The van der Waals surface area contributed by atoms with Crippen LogP contribution in [0.1, 0.15) is 5.56 Å². The Bertz CT molecular complexity index is 548. The van der Waals surface area contributed by atoms with Gasteiger partial charge in [0.25, 0.3) is 0 Å². The summed E-state index contributed by atoms with van der Waals surface area (Å²) in [5, 5.41) is 0. The van der Waals surface area contributed by atoms with E-state index < -0.39 is 11.6 Å². The van der Waals surface area contributed by atoms with Gasteiger partial charge < -0.3 is 0 Å². The Kier molecular flexibility index (Phi) is 2.70. The first-order valence-corrected chi connectivity index (χ1v) is 4.73. The molecular weight excluding hydrogens is 206 g/mol. The first kappa shape index (κ1) is 10.4. The van der Waals surface area contributed by atoms with Gasteiger partial charge in [-0.15, -0.1) is 6.42 Å². The largest absolute Gasteiger partial charge is 0.207 e. The molecule has 0 heterocycles. The zero-order valence-electron chi connectivity index (χ0n) is 8.37. The summed E-state index contributed by atoms with van der Waals surface area (Å²) in [6.07, 6.45) is 5.21. The minimum atomic E-state index is -0.461. The molecule has 0 saturated carbocycles. The van der Waals surface area contributed by atoms with E-state index in [0.717, 1.165) is 12.1 Å². The van der Waals surface area contributed by atoms with Gasteiger partial charge >= 0.3 is 0 Å². The molecule has 2 rings (SSSR count). The second kappa shape index (κ2) is 4.16. The molecule has 0 aliphatic heterocycles. The molecule has 78 valence electrons. The lowest BCUT2D eigenvalue weighted by Crippen LogP contribution is -1.86. The van der Waals surface area contributed by atoms with Crippen molar-refractivity contribution in [1.29, 1.82) is 0 Å².